The molecule has 106 valence electrons. The molecule has 1 unspecified atom stereocenters. The molecule has 3 heteroatoms. The summed E-state index contributed by atoms with van der Waals surface area (Å²) in [6.45, 7) is 6.07. The lowest BCUT2D eigenvalue weighted by atomic mass is 10.1. The van der Waals surface area contributed by atoms with Crippen molar-refractivity contribution in [2.45, 2.75) is 26.4 Å². The second kappa shape index (κ2) is 6.91. The first-order valence-corrected chi connectivity index (χ1v) is 7.75. The van der Waals surface area contributed by atoms with Crippen molar-refractivity contribution >= 4 is 21.6 Å². The van der Waals surface area contributed by atoms with Gasteiger partial charge >= 0.3 is 0 Å². The molecule has 0 aliphatic heterocycles. The van der Waals surface area contributed by atoms with E-state index in [1.165, 1.54) is 11.3 Å². The van der Waals surface area contributed by atoms with E-state index in [0.29, 0.717) is 0 Å². The van der Waals surface area contributed by atoms with Crippen molar-refractivity contribution in [2.75, 3.05) is 11.4 Å². The molecule has 2 aromatic rings. The third kappa shape index (κ3) is 3.62. The molecule has 0 spiro atoms. The Bertz CT molecular complexity index is 552. The average molecular weight is 333 g/mol. The van der Waals surface area contributed by atoms with Gasteiger partial charge in [0.25, 0.3) is 0 Å². The maximum atomic E-state index is 5.95. The predicted molar refractivity (Wildman–Crippen MR) is 89.9 cm³/mol. The first kappa shape index (κ1) is 15.1. The first-order chi connectivity index (χ1) is 9.61. The van der Waals surface area contributed by atoms with Gasteiger partial charge in [-0.3, -0.25) is 0 Å². The third-order valence-corrected chi connectivity index (χ3v) is 4.12. The van der Waals surface area contributed by atoms with E-state index in [-0.39, 0.29) is 6.04 Å². The van der Waals surface area contributed by atoms with Gasteiger partial charge in [0.2, 0.25) is 0 Å². The van der Waals surface area contributed by atoms with Gasteiger partial charge in [-0.15, -0.1) is 0 Å². The molecule has 2 N–H and O–H groups in total. The molecule has 0 fully saturated rings. The summed E-state index contributed by atoms with van der Waals surface area (Å²) in [4.78, 5) is 2.35. The second-order valence-corrected chi connectivity index (χ2v) is 5.85. The van der Waals surface area contributed by atoms with Crippen LogP contribution in [0.5, 0.6) is 0 Å². The normalized spacial score (nSPS) is 12.2. The minimum Gasteiger partial charge on any atom is -0.367 e. The molecule has 1 atom stereocenters. The van der Waals surface area contributed by atoms with E-state index in [1.807, 2.05) is 13.0 Å². The molecular formula is C17H21BrN2. The Hall–Kier alpha value is -1.32. The molecule has 0 aromatic heterocycles. The van der Waals surface area contributed by atoms with Crippen molar-refractivity contribution in [3.05, 3.63) is 64.1 Å². The van der Waals surface area contributed by atoms with Gasteiger partial charge in [0.05, 0.1) is 0 Å². The van der Waals surface area contributed by atoms with Gasteiger partial charge in [-0.1, -0.05) is 52.3 Å². The number of halogens is 1. The van der Waals surface area contributed by atoms with Crippen molar-refractivity contribution in [2.24, 2.45) is 5.73 Å². The Morgan fingerprint density at radius 1 is 1.15 bits per heavy atom. The molecule has 0 bridgehead atoms. The fourth-order valence-electron chi connectivity index (χ4n) is 2.27. The van der Waals surface area contributed by atoms with Crippen LogP contribution in [0, 0.1) is 0 Å². The summed E-state index contributed by atoms with van der Waals surface area (Å²) < 4.78 is 1.08. The number of nitrogens with two attached hydrogens (primary N) is 1. The molecular weight excluding hydrogens is 312 g/mol. The minimum absolute atomic E-state index is 0.0441. The lowest BCUT2D eigenvalue weighted by Crippen LogP contribution is -2.22. The van der Waals surface area contributed by atoms with E-state index in [2.05, 4.69) is 70.2 Å². The molecule has 0 aliphatic carbocycles. The van der Waals surface area contributed by atoms with Gasteiger partial charge in [0.1, 0.15) is 0 Å². The standard InChI is InChI=1S/C17H21BrN2/c1-3-20(12-14-7-5-4-6-8-14)15-9-10-16(13(2)19)17(18)11-15/h4-11,13H,3,12,19H2,1-2H3. The highest BCUT2D eigenvalue weighted by atomic mass is 79.9. The summed E-state index contributed by atoms with van der Waals surface area (Å²) in [5, 5.41) is 0. The monoisotopic (exact) mass is 332 g/mol. The van der Waals surface area contributed by atoms with Crippen molar-refractivity contribution in [3.8, 4) is 0 Å². The summed E-state index contributed by atoms with van der Waals surface area (Å²) in [7, 11) is 0. The summed E-state index contributed by atoms with van der Waals surface area (Å²) in [5.74, 6) is 0. The van der Waals surface area contributed by atoms with Gasteiger partial charge in [0, 0.05) is 29.3 Å². The van der Waals surface area contributed by atoms with Crippen molar-refractivity contribution in [1.29, 1.82) is 0 Å². The van der Waals surface area contributed by atoms with Crippen molar-refractivity contribution in [3.63, 3.8) is 0 Å². The predicted octanol–water partition coefficient (Wildman–Crippen LogP) is 4.50. The quantitative estimate of drug-likeness (QED) is 0.873. The summed E-state index contributed by atoms with van der Waals surface area (Å²) >= 11 is 3.62. The molecule has 20 heavy (non-hydrogen) atoms. The Kier molecular flexibility index (Phi) is 5.21. The molecule has 0 saturated carbocycles. The smallest absolute Gasteiger partial charge is 0.0429 e. The number of hydrogen-bond acceptors (Lipinski definition) is 2. The van der Waals surface area contributed by atoms with Crippen LogP contribution in [0.2, 0.25) is 0 Å². The second-order valence-electron chi connectivity index (χ2n) is 4.99. The van der Waals surface area contributed by atoms with Crippen LogP contribution in [0.1, 0.15) is 31.0 Å². The Labute approximate surface area is 129 Å². The largest absolute Gasteiger partial charge is 0.367 e. The van der Waals surface area contributed by atoms with Crippen LogP contribution in [0.25, 0.3) is 0 Å². The van der Waals surface area contributed by atoms with E-state index < -0.39 is 0 Å². The van der Waals surface area contributed by atoms with E-state index in [9.17, 15) is 0 Å². The highest BCUT2D eigenvalue weighted by Gasteiger charge is 2.10. The third-order valence-electron chi connectivity index (χ3n) is 3.44. The Morgan fingerprint density at radius 3 is 2.40 bits per heavy atom. The number of nitrogens with zero attached hydrogens (tertiary/aromatic N) is 1. The van der Waals surface area contributed by atoms with Crippen LogP contribution >= 0.6 is 15.9 Å². The average Bonchev–Trinajstić information content (AvgIpc) is 2.45. The van der Waals surface area contributed by atoms with E-state index in [4.69, 9.17) is 5.73 Å². The molecule has 0 aliphatic rings. The van der Waals surface area contributed by atoms with E-state index in [0.717, 1.165) is 23.1 Å². The lowest BCUT2D eigenvalue weighted by molar-refractivity contribution is 0.805. The summed E-state index contributed by atoms with van der Waals surface area (Å²) in [6, 6.07) is 17.0. The van der Waals surface area contributed by atoms with Crippen LogP contribution in [0.15, 0.2) is 53.0 Å². The number of benzene rings is 2. The van der Waals surface area contributed by atoms with Crippen molar-refractivity contribution in [1.82, 2.24) is 0 Å². The fraction of sp³-hybridized carbons (Fsp3) is 0.294. The number of rotatable bonds is 5. The lowest BCUT2D eigenvalue weighted by Gasteiger charge is -2.24. The zero-order valence-corrected chi connectivity index (χ0v) is 13.6. The van der Waals surface area contributed by atoms with Gasteiger partial charge in [-0.2, -0.15) is 0 Å². The highest BCUT2D eigenvalue weighted by Crippen LogP contribution is 2.28. The van der Waals surface area contributed by atoms with Crippen LogP contribution in [0.4, 0.5) is 5.69 Å². The molecule has 0 amide bonds. The molecule has 2 aromatic carbocycles. The first-order valence-electron chi connectivity index (χ1n) is 6.95. The maximum Gasteiger partial charge on any atom is 0.0429 e. The SMILES string of the molecule is CCN(Cc1ccccc1)c1ccc(C(C)N)c(Br)c1. The molecule has 0 heterocycles. The van der Waals surface area contributed by atoms with Gasteiger partial charge in [-0.05, 0) is 37.1 Å². The Balaban J connectivity index is 2.22. The topological polar surface area (TPSA) is 29.3 Å². The number of anilines is 1. The maximum absolute atomic E-state index is 5.95. The molecule has 2 rings (SSSR count). The molecule has 0 saturated heterocycles. The van der Waals surface area contributed by atoms with Gasteiger partial charge in [-0.25, -0.2) is 0 Å². The zero-order chi connectivity index (χ0) is 14.5. The zero-order valence-electron chi connectivity index (χ0n) is 12.0. The van der Waals surface area contributed by atoms with E-state index in [1.54, 1.807) is 0 Å². The van der Waals surface area contributed by atoms with Gasteiger partial charge in [0.15, 0.2) is 0 Å². The molecule has 2 nitrogen and oxygen atoms in total. The number of hydrogen-bond donors (Lipinski definition) is 1. The van der Waals surface area contributed by atoms with Crippen LogP contribution in [-0.4, -0.2) is 6.54 Å². The fourth-order valence-corrected chi connectivity index (χ4v) is 3.00. The van der Waals surface area contributed by atoms with Crippen molar-refractivity contribution < 1.29 is 0 Å². The van der Waals surface area contributed by atoms with Gasteiger partial charge < -0.3 is 10.6 Å². The van der Waals surface area contributed by atoms with Crippen LogP contribution < -0.4 is 10.6 Å². The Morgan fingerprint density at radius 2 is 1.85 bits per heavy atom. The van der Waals surface area contributed by atoms with Crippen LogP contribution in [-0.2, 0) is 6.54 Å². The molecule has 0 radical (unpaired) electrons. The summed E-state index contributed by atoms with van der Waals surface area (Å²) in [6.07, 6.45) is 0. The minimum atomic E-state index is 0.0441. The highest BCUT2D eigenvalue weighted by molar-refractivity contribution is 9.10. The summed E-state index contributed by atoms with van der Waals surface area (Å²) in [5.41, 5.74) is 9.63. The van der Waals surface area contributed by atoms with E-state index >= 15 is 0 Å². The van der Waals surface area contributed by atoms with Crippen LogP contribution in [0.3, 0.4) is 0 Å².